The predicted molar refractivity (Wildman–Crippen MR) is 130 cm³/mol. The lowest BCUT2D eigenvalue weighted by Crippen LogP contribution is -2.57. The smallest absolute Gasteiger partial charge is 0.407 e. The van der Waals surface area contributed by atoms with Crippen molar-refractivity contribution in [2.45, 2.75) is 56.7 Å². The normalized spacial score (nSPS) is 18.8. The summed E-state index contributed by atoms with van der Waals surface area (Å²) in [4.78, 5) is 39.1. The number of carboxylic acids is 1. The number of aliphatic carboxylic acids is 1. The highest BCUT2D eigenvalue weighted by Gasteiger charge is 2.37. The van der Waals surface area contributed by atoms with Crippen LogP contribution in [-0.4, -0.2) is 66.4 Å². The van der Waals surface area contributed by atoms with Gasteiger partial charge in [0.25, 0.3) is 0 Å². The lowest BCUT2D eigenvalue weighted by molar-refractivity contribution is -0.144. The lowest BCUT2D eigenvalue weighted by atomic mass is 9.97. The highest BCUT2D eigenvalue weighted by Crippen LogP contribution is 2.44. The molecule has 1 aliphatic carbocycles. The Morgan fingerprint density at radius 2 is 1.69 bits per heavy atom. The summed E-state index contributed by atoms with van der Waals surface area (Å²) in [6.45, 7) is 2.28. The van der Waals surface area contributed by atoms with Gasteiger partial charge < -0.3 is 24.8 Å². The molecule has 0 saturated carbocycles. The summed E-state index contributed by atoms with van der Waals surface area (Å²) in [5, 5.41) is 12.0. The first-order valence-corrected chi connectivity index (χ1v) is 12.1. The van der Waals surface area contributed by atoms with Gasteiger partial charge in [-0.15, -0.1) is 0 Å². The zero-order chi connectivity index (χ0) is 24.9. The number of methoxy groups -OCH3 is 1. The van der Waals surface area contributed by atoms with E-state index < -0.39 is 30.3 Å². The van der Waals surface area contributed by atoms with Crippen molar-refractivity contribution in [3.8, 4) is 11.1 Å². The van der Waals surface area contributed by atoms with E-state index in [2.05, 4.69) is 17.4 Å². The van der Waals surface area contributed by atoms with Crippen molar-refractivity contribution in [3.63, 3.8) is 0 Å². The van der Waals surface area contributed by atoms with Gasteiger partial charge in [-0.25, -0.2) is 4.79 Å². The Morgan fingerprint density at radius 1 is 1.06 bits per heavy atom. The molecule has 1 saturated heterocycles. The molecule has 4 rings (SSSR count). The van der Waals surface area contributed by atoms with E-state index in [0.717, 1.165) is 35.1 Å². The van der Waals surface area contributed by atoms with Crippen LogP contribution in [0.3, 0.4) is 0 Å². The molecule has 2 aliphatic rings. The molecule has 0 aromatic heterocycles. The number of hydrogen-bond acceptors (Lipinski definition) is 5. The summed E-state index contributed by atoms with van der Waals surface area (Å²) in [5.41, 5.74) is 4.47. The Labute approximate surface area is 205 Å². The van der Waals surface area contributed by atoms with Crippen LogP contribution in [-0.2, 0) is 19.1 Å². The largest absolute Gasteiger partial charge is 0.481 e. The van der Waals surface area contributed by atoms with E-state index in [1.54, 1.807) is 11.8 Å². The first-order valence-electron chi connectivity index (χ1n) is 12.1. The Morgan fingerprint density at radius 3 is 2.29 bits per heavy atom. The minimum absolute atomic E-state index is 0.0933. The summed E-state index contributed by atoms with van der Waals surface area (Å²) in [6.07, 6.45) is 0.839. The number of nitrogens with zero attached hydrogens (tertiary/aromatic N) is 1. The molecule has 0 unspecified atom stereocenters. The average molecular weight is 481 g/mol. The van der Waals surface area contributed by atoms with E-state index in [1.807, 2.05) is 36.4 Å². The van der Waals surface area contributed by atoms with E-state index in [0.29, 0.717) is 13.0 Å². The fraction of sp³-hybridized carbons (Fsp3) is 0.444. The molecular formula is C27H32N2O6. The van der Waals surface area contributed by atoms with E-state index in [-0.39, 0.29) is 24.9 Å². The number of likely N-dealkylation sites (tertiary alicyclic amines) is 1. The molecular weight excluding hydrogens is 448 g/mol. The molecule has 2 N–H and O–H groups in total. The topological polar surface area (TPSA) is 105 Å². The van der Waals surface area contributed by atoms with Crippen LogP contribution in [0.25, 0.3) is 11.1 Å². The second-order valence-corrected chi connectivity index (χ2v) is 9.17. The van der Waals surface area contributed by atoms with Gasteiger partial charge in [-0.1, -0.05) is 48.5 Å². The standard InChI is InChI=1S/C27H32N2O6/c1-17(34-2)25(26(32)29-14-8-7-9-18(29)15-24(30)31)28-27(33)35-16-23-21-12-5-3-10-19(21)20-11-4-6-13-22(20)23/h3-6,10-13,17-18,23,25H,7-9,14-16H2,1-2H3,(H,28,33)(H,30,31)/t17-,18+,25+/m1/s1. The Balaban J connectivity index is 1.45. The number of benzene rings is 2. The molecule has 1 heterocycles. The second kappa shape index (κ2) is 10.9. The molecule has 3 atom stereocenters. The van der Waals surface area contributed by atoms with Crippen molar-refractivity contribution < 1.29 is 29.0 Å². The van der Waals surface area contributed by atoms with Gasteiger partial charge in [0.15, 0.2) is 0 Å². The van der Waals surface area contributed by atoms with Gasteiger partial charge in [0, 0.05) is 25.6 Å². The van der Waals surface area contributed by atoms with Gasteiger partial charge in [0.1, 0.15) is 12.6 Å². The van der Waals surface area contributed by atoms with Crippen molar-refractivity contribution in [1.29, 1.82) is 0 Å². The van der Waals surface area contributed by atoms with Crippen molar-refractivity contribution >= 4 is 18.0 Å². The predicted octanol–water partition coefficient (Wildman–Crippen LogP) is 3.78. The zero-order valence-electron chi connectivity index (χ0n) is 20.1. The number of piperidine rings is 1. The number of ether oxygens (including phenoxy) is 2. The third-order valence-electron chi connectivity index (χ3n) is 7.04. The number of fused-ring (bicyclic) bond motifs is 3. The number of amides is 2. The molecule has 0 spiro atoms. The number of rotatable bonds is 8. The molecule has 0 radical (unpaired) electrons. The molecule has 186 valence electrons. The van der Waals surface area contributed by atoms with Crippen LogP contribution in [0.4, 0.5) is 4.79 Å². The number of nitrogens with one attached hydrogen (secondary N) is 1. The molecule has 1 fully saturated rings. The summed E-state index contributed by atoms with van der Waals surface area (Å²) in [5.74, 6) is -1.39. The van der Waals surface area contributed by atoms with Crippen molar-refractivity contribution in [2.24, 2.45) is 0 Å². The van der Waals surface area contributed by atoms with Gasteiger partial charge in [-0.2, -0.15) is 0 Å². The molecule has 1 aliphatic heterocycles. The Hall–Kier alpha value is -3.39. The number of carbonyl (C=O) groups is 3. The minimum atomic E-state index is -0.981. The first-order chi connectivity index (χ1) is 16.9. The minimum Gasteiger partial charge on any atom is -0.481 e. The van der Waals surface area contributed by atoms with E-state index >= 15 is 0 Å². The van der Waals surface area contributed by atoms with Crippen LogP contribution in [0.1, 0.15) is 49.7 Å². The summed E-state index contributed by atoms with van der Waals surface area (Å²) >= 11 is 0. The van der Waals surface area contributed by atoms with Gasteiger partial charge in [-0.3, -0.25) is 9.59 Å². The fourth-order valence-electron chi connectivity index (χ4n) is 5.17. The van der Waals surface area contributed by atoms with Gasteiger partial charge >= 0.3 is 12.1 Å². The Bertz CT molecular complexity index is 1040. The molecule has 35 heavy (non-hydrogen) atoms. The van der Waals surface area contributed by atoms with Crippen LogP contribution in [0.15, 0.2) is 48.5 Å². The third kappa shape index (κ3) is 5.32. The SMILES string of the molecule is CO[C@H](C)[C@H](NC(=O)OCC1c2ccccc2-c2ccccc21)C(=O)N1CCCC[C@H]1CC(=O)O. The van der Waals surface area contributed by atoms with Gasteiger partial charge in [0.2, 0.25) is 5.91 Å². The Kier molecular flexibility index (Phi) is 7.70. The number of alkyl carbamates (subject to hydrolysis) is 1. The molecule has 2 aromatic carbocycles. The van der Waals surface area contributed by atoms with E-state index in [4.69, 9.17) is 9.47 Å². The quantitative estimate of drug-likeness (QED) is 0.596. The second-order valence-electron chi connectivity index (χ2n) is 9.17. The monoisotopic (exact) mass is 480 g/mol. The lowest BCUT2D eigenvalue weighted by Gasteiger charge is -2.38. The summed E-state index contributed by atoms with van der Waals surface area (Å²) in [6, 6.07) is 14.8. The number of hydrogen-bond donors (Lipinski definition) is 2. The van der Waals surface area contributed by atoms with Crippen LogP contribution in [0.2, 0.25) is 0 Å². The third-order valence-corrected chi connectivity index (χ3v) is 7.04. The fourth-order valence-corrected chi connectivity index (χ4v) is 5.17. The van der Waals surface area contributed by atoms with Crippen molar-refractivity contribution in [1.82, 2.24) is 10.2 Å². The van der Waals surface area contributed by atoms with E-state index in [9.17, 15) is 19.5 Å². The number of carbonyl (C=O) groups excluding carboxylic acids is 2. The van der Waals surface area contributed by atoms with Crippen LogP contribution >= 0.6 is 0 Å². The van der Waals surface area contributed by atoms with Crippen LogP contribution in [0.5, 0.6) is 0 Å². The maximum absolute atomic E-state index is 13.4. The maximum atomic E-state index is 13.4. The number of carboxylic acid groups (broad SMARTS) is 1. The van der Waals surface area contributed by atoms with Crippen molar-refractivity contribution in [2.75, 3.05) is 20.3 Å². The van der Waals surface area contributed by atoms with E-state index in [1.165, 1.54) is 7.11 Å². The molecule has 2 aromatic rings. The molecule has 2 amide bonds. The average Bonchev–Trinajstić information content (AvgIpc) is 3.19. The highest BCUT2D eigenvalue weighted by atomic mass is 16.5. The van der Waals surface area contributed by atoms with Gasteiger partial charge in [0.05, 0.1) is 12.5 Å². The van der Waals surface area contributed by atoms with Gasteiger partial charge in [-0.05, 0) is 48.4 Å². The van der Waals surface area contributed by atoms with Crippen LogP contribution in [0, 0.1) is 0 Å². The molecule has 8 heteroatoms. The first kappa shape index (κ1) is 24.7. The molecule has 8 nitrogen and oxygen atoms in total. The highest BCUT2D eigenvalue weighted by molar-refractivity contribution is 5.87. The maximum Gasteiger partial charge on any atom is 0.407 e. The summed E-state index contributed by atoms with van der Waals surface area (Å²) in [7, 11) is 1.47. The van der Waals surface area contributed by atoms with Crippen LogP contribution < -0.4 is 5.32 Å². The van der Waals surface area contributed by atoms with Crippen molar-refractivity contribution in [3.05, 3.63) is 59.7 Å². The summed E-state index contributed by atoms with van der Waals surface area (Å²) < 4.78 is 11.0. The zero-order valence-corrected chi connectivity index (χ0v) is 20.1. The molecule has 0 bridgehead atoms.